The molecule has 1 saturated carbocycles. The maximum Gasteiger partial charge on any atom is 0.220 e. The Labute approximate surface area is 312 Å². The minimum absolute atomic E-state index is 0.00839. The molecule has 9 nitrogen and oxygen atoms in total. The number of carbonyl (C=O) groups excluding carboxylic acids is 2. The van der Waals surface area contributed by atoms with Crippen LogP contribution in [0.1, 0.15) is 88.3 Å². The lowest BCUT2D eigenvalue weighted by molar-refractivity contribution is -0.122. The molecule has 3 aromatic carbocycles. The number of carbonyl (C=O) groups is 2. The fraction of sp³-hybridized carbons (Fsp3) is 0.364. The molecule has 2 amide bonds. The number of amides is 2. The molecule has 0 saturated heterocycles. The van der Waals surface area contributed by atoms with Crippen LogP contribution in [0.3, 0.4) is 0 Å². The highest BCUT2D eigenvalue weighted by atomic mass is 16.3. The van der Waals surface area contributed by atoms with Crippen molar-refractivity contribution in [3.63, 3.8) is 0 Å². The molecule has 6 rings (SSSR count). The molecule has 0 atom stereocenters. The van der Waals surface area contributed by atoms with Crippen molar-refractivity contribution >= 4 is 22.8 Å². The Morgan fingerprint density at radius 2 is 1.57 bits per heavy atom. The molecule has 1 aliphatic carbocycles. The van der Waals surface area contributed by atoms with Crippen LogP contribution < -0.4 is 16.1 Å². The van der Waals surface area contributed by atoms with E-state index in [4.69, 9.17) is 4.98 Å². The molecule has 53 heavy (non-hydrogen) atoms. The minimum atomic E-state index is -0.271. The number of fused-ring (bicyclic) bond motifs is 1. The van der Waals surface area contributed by atoms with E-state index in [2.05, 4.69) is 75.6 Å². The van der Waals surface area contributed by atoms with Crippen molar-refractivity contribution in [3.8, 4) is 34.2 Å². The third-order valence-electron chi connectivity index (χ3n) is 9.98. The topological polar surface area (TPSA) is 125 Å². The summed E-state index contributed by atoms with van der Waals surface area (Å²) in [7, 11) is 0. The van der Waals surface area contributed by atoms with Crippen molar-refractivity contribution in [2.75, 3.05) is 13.1 Å². The molecule has 0 aliphatic heterocycles. The zero-order chi connectivity index (χ0) is 37.0. The molecule has 1 aliphatic rings. The molecule has 1 fully saturated rings. The third-order valence-corrected chi connectivity index (χ3v) is 9.98. The maximum atomic E-state index is 12.1. The summed E-state index contributed by atoms with van der Waals surface area (Å²) < 4.78 is 4.27. The molecule has 274 valence electrons. The van der Waals surface area contributed by atoms with Crippen LogP contribution in [0.2, 0.25) is 0 Å². The number of rotatable bonds is 14. The number of benzene rings is 3. The van der Waals surface area contributed by atoms with Gasteiger partial charge in [0.15, 0.2) is 0 Å². The fourth-order valence-electron chi connectivity index (χ4n) is 7.17. The Hall–Kier alpha value is -5.46. The molecule has 0 bridgehead atoms. The molecule has 2 aromatic heterocycles. The summed E-state index contributed by atoms with van der Waals surface area (Å²) in [5.41, 5.74) is 7.38. The van der Waals surface area contributed by atoms with Gasteiger partial charge in [0.1, 0.15) is 11.1 Å². The Balaban J connectivity index is 1.21. The minimum Gasteiger partial charge on any atom is -0.393 e. The second-order valence-electron chi connectivity index (χ2n) is 13.8. The van der Waals surface area contributed by atoms with Gasteiger partial charge in [0.25, 0.3) is 0 Å². The molecule has 0 radical (unpaired) electrons. The van der Waals surface area contributed by atoms with Crippen LogP contribution in [0.25, 0.3) is 33.4 Å². The molecule has 2 heterocycles. The number of nitrogens with zero attached hydrogens (tertiary/aromatic N) is 3. The van der Waals surface area contributed by atoms with Crippen molar-refractivity contribution in [3.05, 3.63) is 108 Å². The first kappa shape index (κ1) is 37.3. The van der Waals surface area contributed by atoms with Crippen molar-refractivity contribution in [2.24, 2.45) is 0 Å². The van der Waals surface area contributed by atoms with E-state index >= 15 is 0 Å². The number of aliphatic hydroxyl groups is 1. The first-order valence-corrected chi connectivity index (χ1v) is 19.0. The smallest absolute Gasteiger partial charge is 0.220 e. The highest BCUT2D eigenvalue weighted by Crippen LogP contribution is 2.40. The van der Waals surface area contributed by atoms with E-state index in [-0.39, 0.29) is 24.0 Å². The van der Waals surface area contributed by atoms with Crippen LogP contribution in [0.15, 0.2) is 91.3 Å². The van der Waals surface area contributed by atoms with Gasteiger partial charge in [-0.3, -0.25) is 15.0 Å². The van der Waals surface area contributed by atoms with E-state index in [1.165, 1.54) is 0 Å². The van der Waals surface area contributed by atoms with Crippen LogP contribution >= 0.6 is 0 Å². The first-order valence-electron chi connectivity index (χ1n) is 19.0. The lowest BCUT2D eigenvalue weighted by Gasteiger charge is -2.27. The van der Waals surface area contributed by atoms with Gasteiger partial charge in [0.05, 0.1) is 23.5 Å². The lowest BCUT2D eigenvalue weighted by Crippen LogP contribution is -2.29. The largest absolute Gasteiger partial charge is 0.393 e. The van der Waals surface area contributed by atoms with Crippen molar-refractivity contribution in [2.45, 2.75) is 89.8 Å². The quantitative estimate of drug-likeness (QED) is 0.0724. The molecule has 9 heteroatoms. The molecular weight excluding hydrogens is 661 g/mol. The van der Waals surface area contributed by atoms with Crippen molar-refractivity contribution in [1.29, 1.82) is 5.41 Å². The molecule has 0 spiro atoms. The molecular formula is C44H50N6O3. The summed E-state index contributed by atoms with van der Waals surface area (Å²) in [6.07, 6.45) is 8.66. The van der Waals surface area contributed by atoms with Gasteiger partial charge >= 0.3 is 0 Å². The zero-order valence-electron chi connectivity index (χ0n) is 30.6. The van der Waals surface area contributed by atoms with Crippen molar-refractivity contribution < 1.29 is 14.7 Å². The monoisotopic (exact) mass is 710 g/mol. The summed E-state index contributed by atoms with van der Waals surface area (Å²) in [6.45, 7) is 3.51. The standard InChI is InChI=1S/C44H50N6O3/c1-2-38(52)46-28-14-22-39(53)47-27-12-4-3-7-15-32-16-13-17-33(29-32)30-49-42(35-20-10-6-11-21-35)40(34-18-8-5-9-19-34)41-43(45)50(31-48-44(41)49)36-23-25-37(51)26-24-36/h5-6,8-11,13,16-21,29,31,36-37,45,51H,2-4,12,14,22-28,30H2,1H3,(H,46,52)(H,47,53). The van der Waals surface area contributed by atoms with Crippen LogP contribution in [-0.2, 0) is 16.1 Å². The maximum absolute atomic E-state index is 12.1. The average molecular weight is 711 g/mol. The summed E-state index contributed by atoms with van der Waals surface area (Å²) in [5, 5.41) is 26.4. The van der Waals surface area contributed by atoms with Gasteiger partial charge in [-0.2, -0.15) is 0 Å². The van der Waals surface area contributed by atoms with Crippen LogP contribution in [-0.4, -0.2) is 50.2 Å². The van der Waals surface area contributed by atoms with E-state index < -0.39 is 0 Å². The predicted octanol–water partition coefficient (Wildman–Crippen LogP) is 7.12. The van der Waals surface area contributed by atoms with Gasteiger partial charge in [0.2, 0.25) is 11.8 Å². The second-order valence-corrected chi connectivity index (χ2v) is 13.8. The SMILES string of the molecule is CCC(=O)NCCCC(=O)NCCCCC#Cc1cccc(Cn2c(-c3ccccc3)c(-c3ccccc3)c3c(=N)n(C4CCC(O)CC4)cnc32)c1. The molecule has 5 aromatic rings. The van der Waals surface area contributed by atoms with Crippen LogP contribution in [0.4, 0.5) is 0 Å². The van der Waals surface area contributed by atoms with E-state index in [1.54, 1.807) is 0 Å². The Morgan fingerprint density at radius 3 is 2.30 bits per heavy atom. The first-order chi connectivity index (χ1) is 25.9. The summed E-state index contributed by atoms with van der Waals surface area (Å²) in [6, 6.07) is 29.2. The molecule has 4 N–H and O–H groups in total. The second kappa shape index (κ2) is 18.3. The van der Waals surface area contributed by atoms with Gasteiger partial charge in [-0.05, 0) is 73.8 Å². The number of nitrogens with one attached hydrogen (secondary N) is 3. The van der Waals surface area contributed by atoms with Crippen LogP contribution in [0, 0.1) is 17.3 Å². The van der Waals surface area contributed by atoms with Crippen molar-refractivity contribution in [1.82, 2.24) is 24.8 Å². The normalized spacial score (nSPS) is 15.4. The van der Waals surface area contributed by atoms with Crippen LogP contribution in [0.5, 0.6) is 0 Å². The van der Waals surface area contributed by atoms with E-state index in [9.17, 15) is 20.1 Å². The summed E-state index contributed by atoms with van der Waals surface area (Å²) >= 11 is 0. The Kier molecular flexibility index (Phi) is 12.9. The summed E-state index contributed by atoms with van der Waals surface area (Å²) in [5.74, 6) is 6.68. The number of aromatic nitrogens is 3. The highest BCUT2D eigenvalue weighted by molar-refractivity contribution is 6.02. The lowest BCUT2D eigenvalue weighted by atomic mass is 9.93. The Morgan fingerprint density at radius 1 is 0.868 bits per heavy atom. The van der Waals surface area contributed by atoms with Gasteiger partial charge in [-0.15, -0.1) is 0 Å². The Bertz CT molecular complexity index is 2120. The number of unbranched alkanes of at least 4 members (excludes halogenated alkanes) is 2. The van der Waals surface area contributed by atoms with E-state index in [0.717, 1.165) is 89.5 Å². The number of hydrogen-bond donors (Lipinski definition) is 4. The number of aliphatic hydroxyl groups excluding tert-OH is 1. The molecule has 0 unspecified atom stereocenters. The van der Waals surface area contributed by atoms with Gasteiger partial charge in [-0.25, -0.2) is 4.98 Å². The summed E-state index contributed by atoms with van der Waals surface area (Å²) in [4.78, 5) is 28.5. The average Bonchev–Trinajstić information content (AvgIpc) is 3.51. The van der Waals surface area contributed by atoms with Gasteiger partial charge < -0.3 is 24.9 Å². The van der Waals surface area contributed by atoms with Gasteiger partial charge in [0, 0.05) is 56.1 Å². The third kappa shape index (κ3) is 9.51. The zero-order valence-corrected chi connectivity index (χ0v) is 30.6. The van der Waals surface area contributed by atoms with E-state index in [0.29, 0.717) is 44.4 Å². The van der Waals surface area contributed by atoms with E-state index in [1.807, 2.05) is 54.2 Å². The highest BCUT2D eigenvalue weighted by Gasteiger charge is 2.26. The predicted molar refractivity (Wildman–Crippen MR) is 210 cm³/mol. The number of hydrogen-bond acceptors (Lipinski definition) is 5. The van der Waals surface area contributed by atoms with Gasteiger partial charge in [-0.1, -0.05) is 91.6 Å². The fourth-order valence-corrected chi connectivity index (χ4v) is 7.17.